The molecule has 0 aliphatic carbocycles. The molecule has 0 amide bonds. The highest BCUT2D eigenvalue weighted by molar-refractivity contribution is 9.10. The number of benzene rings is 2. The van der Waals surface area contributed by atoms with Crippen molar-refractivity contribution in [1.29, 1.82) is 0 Å². The van der Waals surface area contributed by atoms with E-state index < -0.39 is 0 Å². The van der Waals surface area contributed by atoms with Gasteiger partial charge in [-0.15, -0.1) is 0 Å². The van der Waals surface area contributed by atoms with E-state index >= 15 is 0 Å². The zero-order valence-electron chi connectivity index (χ0n) is 11.3. The van der Waals surface area contributed by atoms with E-state index in [9.17, 15) is 0 Å². The van der Waals surface area contributed by atoms with E-state index in [0.717, 1.165) is 20.1 Å². The van der Waals surface area contributed by atoms with E-state index in [1.807, 2.05) is 48.5 Å². The molecular weight excluding hydrogens is 384 g/mol. The number of hydrogen-bond acceptors (Lipinski definition) is 2. The molecule has 0 saturated carbocycles. The topological polar surface area (TPSA) is 18.5 Å². The van der Waals surface area contributed by atoms with Gasteiger partial charge in [0.15, 0.2) is 0 Å². The van der Waals surface area contributed by atoms with Crippen molar-refractivity contribution < 1.29 is 9.47 Å². The van der Waals surface area contributed by atoms with E-state index in [2.05, 4.69) is 31.9 Å². The predicted molar refractivity (Wildman–Crippen MR) is 87.8 cm³/mol. The minimum atomic E-state index is -0.144. The van der Waals surface area contributed by atoms with Gasteiger partial charge in [-0.3, -0.25) is 0 Å². The summed E-state index contributed by atoms with van der Waals surface area (Å²) in [6, 6.07) is 16.2. The van der Waals surface area contributed by atoms with Gasteiger partial charge in [-0.05, 0) is 35.4 Å². The van der Waals surface area contributed by atoms with Crippen molar-refractivity contribution in [3.05, 3.63) is 68.6 Å². The first-order valence-corrected chi connectivity index (χ1v) is 7.81. The molecule has 0 aliphatic rings. The Hall–Kier alpha value is -0.680. The number of hydrogen-bond donors (Lipinski definition) is 0. The Balaban J connectivity index is 2.32. The third-order valence-electron chi connectivity index (χ3n) is 3.18. The Morgan fingerprint density at radius 3 is 1.20 bits per heavy atom. The van der Waals surface area contributed by atoms with Crippen LogP contribution in [0, 0.1) is 0 Å². The maximum absolute atomic E-state index is 5.66. The van der Waals surface area contributed by atoms with Gasteiger partial charge in [0.1, 0.15) is 12.2 Å². The second-order valence-electron chi connectivity index (χ2n) is 4.42. The summed E-state index contributed by atoms with van der Waals surface area (Å²) >= 11 is 6.89. The fourth-order valence-corrected chi connectivity index (χ4v) is 2.70. The van der Waals surface area contributed by atoms with Crippen molar-refractivity contribution in [2.45, 2.75) is 12.2 Å². The standard InChI is InChI=1S/C16H16Br2O2/c1-19-15(11-3-7-13(17)8-4-11)16(20-2)12-5-9-14(18)10-6-12/h3-10,15-16H,1-2H3/t15-,16-/m0/s1. The first kappa shape index (κ1) is 15.7. The molecule has 0 bridgehead atoms. The molecule has 0 aliphatic heterocycles. The second kappa shape index (κ2) is 7.36. The summed E-state index contributed by atoms with van der Waals surface area (Å²) in [5, 5.41) is 0. The first-order chi connectivity index (χ1) is 9.65. The summed E-state index contributed by atoms with van der Waals surface area (Å²) in [7, 11) is 3.41. The molecule has 0 unspecified atom stereocenters. The van der Waals surface area contributed by atoms with Crippen LogP contribution in [0.4, 0.5) is 0 Å². The molecule has 0 saturated heterocycles. The average Bonchev–Trinajstić information content (AvgIpc) is 2.47. The maximum atomic E-state index is 5.66. The van der Waals surface area contributed by atoms with Crippen LogP contribution < -0.4 is 0 Å². The Morgan fingerprint density at radius 2 is 0.950 bits per heavy atom. The molecule has 4 heteroatoms. The normalized spacial score (nSPS) is 14.0. The van der Waals surface area contributed by atoms with E-state index in [-0.39, 0.29) is 12.2 Å². The number of methoxy groups -OCH3 is 2. The molecule has 0 heterocycles. The summed E-state index contributed by atoms with van der Waals surface area (Å²) in [5.74, 6) is 0. The third-order valence-corrected chi connectivity index (χ3v) is 4.24. The molecule has 0 aromatic heterocycles. The monoisotopic (exact) mass is 398 g/mol. The lowest BCUT2D eigenvalue weighted by atomic mass is 9.98. The molecule has 2 atom stereocenters. The molecule has 20 heavy (non-hydrogen) atoms. The largest absolute Gasteiger partial charge is 0.374 e. The van der Waals surface area contributed by atoms with Gasteiger partial charge in [-0.1, -0.05) is 56.1 Å². The van der Waals surface area contributed by atoms with E-state index in [1.165, 1.54) is 0 Å². The van der Waals surface area contributed by atoms with Crippen molar-refractivity contribution in [1.82, 2.24) is 0 Å². The molecule has 0 fully saturated rings. The lowest BCUT2D eigenvalue weighted by Crippen LogP contribution is -2.15. The zero-order chi connectivity index (χ0) is 14.5. The van der Waals surface area contributed by atoms with Gasteiger partial charge >= 0.3 is 0 Å². The summed E-state index contributed by atoms with van der Waals surface area (Å²) in [4.78, 5) is 0. The van der Waals surface area contributed by atoms with Gasteiger partial charge in [0.2, 0.25) is 0 Å². The average molecular weight is 400 g/mol. The van der Waals surface area contributed by atoms with Crippen LogP contribution in [0.1, 0.15) is 23.3 Å². The molecule has 2 rings (SSSR count). The van der Waals surface area contributed by atoms with Crippen LogP contribution in [0.2, 0.25) is 0 Å². The van der Waals surface area contributed by atoms with E-state index in [1.54, 1.807) is 14.2 Å². The smallest absolute Gasteiger partial charge is 0.112 e. The molecule has 0 N–H and O–H groups in total. The number of halogens is 2. The minimum Gasteiger partial charge on any atom is -0.374 e. The fraction of sp³-hybridized carbons (Fsp3) is 0.250. The number of rotatable bonds is 5. The quantitative estimate of drug-likeness (QED) is 0.680. The predicted octanol–water partition coefficient (Wildman–Crippen LogP) is 5.29. The van der Waals surface area contributed by atoms with Crippen LogP contribution in [-0.2, 0) is 9.47 Å². The summed E-state index contributed by atoms with van der Waals surface area (Å²) in [6.07, 6.45) is -0.288. The highest BCUT2D eigenvalue weighted by Gasteiger charge is 2.24. The van der Waals surface area contributed by atoms with E-state index in [4.69, 9.17) is 9.47 Å². The Bertz CT molecular complexity index is 486. The maximum Gasteiger partial charge on any atom is 0.112 e. The Kier molecular flexibility index (Phi) is 5.78. The van der Waals surface area contributed by atoms with Crippen LogP contribution in [0.3, 0.4) is 0 Å². The van der Waals surface area contributed by atoms with Crippen LogP contribution >= 0.6 is 31.9 Å². The summed E-state index contributed by atoms with van der Waals surface area (Å²) in [5.41, 5.74) is 2.18. The molecule has 2 aromatic rings. The molecule has 2 nitrogen and oxygen atoms in total. The van der Waals surface area contributed by atoms with Crippen molar-refractivity contribution in [3.63, 3.8) is 0 Å². The van der Waals surface area contributed by atoms with Gasteiger partial charge in [0, 0.05) is 23.2 Å². The van der Waals surface area contributed by atoms with Crippen molar-refractivity contribution in [2.75, 3.05) is 14.2 Å². The lowest BCUT2D eigenvalue weighted by molar-refractivity contribution is -0.0397. The summed E-state index contributed by atoms with van der Waals surface area (Å²) in [6.45, 7) is 0. The van der Waals surface area contributed by atoms with Crippen LogP contribution in [-0.4, -0.2) is 14.2 Å². The second-order valence-corrected chi connectivity index (χ2v) is 6.25. The molecule has 106 valence electrons. The molecule has 2 aromatic carbocycles. The lowest BCUT2D eigenvalue weighted by Gasteiger charge is -2.25. The van der Waals surface area contributed by atoms with Crippen molar-refractivity contribution >= 4 is 31.9 Å². The highest BCUT2D eigenvalue weighted by Crippen LogP contribution is 2.35. The Labute approximate surface area is 136 Å². The van der Waals surface area contributed by atoms with Gasteiger partial charge in [-0.2, -0.15) is 0 Å². The van der Waals surface area contributed by atoms with Gasteiger partial charge < -0.3 is 9.47 Å². The van der Waals surface area contributed by atoms with E-state index in [0.29, 0.717) is 0 Å². The van der Waals surface area contributed by atoms with Crippen molar-refractivity contribution in [3.8, 4) is 0 Å². The van der Waals surface area contributed by atoms with Crippen LogP contribution in [0.5, 0.6) is 0 Å². The van der Waals surface area contributed by atoms with Gasteiger partial charge in [-0.25, -0.2) is 0 Å². The number of ether oxygens (including phenoxy) is 2. The molecule has 0 radical (unpaired) electrons. The Morgan fingerprint density at radius 1 is 0.650 bits per heavy atom. The zero-order valence-corrected chi connectivity index (χ0v) is 14.5. The van der Waals surface area contributed by atoms with Crippen molar-refractivity contribution in [2.24, 2.45) is 0 Å². The molecular formula is C16H16Br2O2. The van der Waals surface area contributed by atoms with Crippen LogP contribution in [0.15, 0.2) is 57.5 Å². The molecule has 0 spiro atoms. The van der Waals surface area contributed by atoms with Gasteiger partial charge in [0.25, 0.3) is 0 Å². The minimum absolute atomic E-state index is 0.144. The van der Waals surface area contributed by atoms with Crippen LogP contribution in [0.25, 0.3) is 0 Å². The third kappa shape index (κ3) is 3.70. The summed E-state index contributed by atoms with van der Waals surface area (Å²) < 4.78 is 13.4. The fourth-order valence-electron chi connectivity index (χ4n) is 2.17. The van der Waals surface area contributed by atoms with Gasteiger partial charge in [0.05, 0.1) is 0 Å². The SMILES string of the molecule is CO[C@@H](c1ccc(Br)cc1)[C@@H](OC)c1ccc(Br)cc1. The first-order valence-electron chi connectivity index (χ1n) is 6.22. The highest BCUT2D eigenvalue weighted by atomic mass is 79.9.